The summed E-state index contributed by atoms with van der Waals surface area (Å²) in [4.78, 5) is 23.5. The quantitative estimate of drug-likeness (QED) is 0.540. The fourth-order valence-electron chi connectivity index (χ4n) is 1.58. The predicted octanol–water partition coefficient (Wildman–Crippen LogP) is -0.762. The molecule has 0 saturated carbocycles. The fraction of sp³-hybridized carbons (Fsp3) is 0.600. The van der Waals surface area contributed by atoms with Crippen LogP contribution in [-0.2, 0) is 4.79 Å². The smallest absolute Gasteiger partial charge is 0.326 e. The highest BCUT2D eigenvalue weighted by Gasteiger charge is 2.39. The topological polar surface area (TPSA) is 89.9 Å². The Balaban J connectivity index is 2.68. The minimum absolute atomic E-state index is 0.0140. The highest BCUT2D eigenvalue weighted by Crippen LogP contribution is 2.18. The molecule has 3 atom stereocenters. The maximum Gasteiger partial charge on any atom is 0.326 e. The lowest BCUT2D eigenvalue weighted by Crippen LogP contribution is -2.48. The molecule has 1 aliphatic rings. The van der Waals surface area contributed by atoms with Gasteiger partial charge in [0.05, 0.1) is 12.1 Å². The van der Waals surface area contributed by atoms with Crippen molar-refractivity contribution in [2.75, 3.05) is 6.54 Å². The van der Waals surface area contributed by atoms with Crippen LogP contribution in [0.5, 0.6) is 0 Å². The number of likely N-dealkylation sites (tertiary alicyclic amines) is 1. The molecule has 88 valence electrons. The van der Waals surface area contributed by atoms with Gasteiger partial charge in [-0.05, 0) is 6.92 Å². The fourth-order valence-corrected chi connectivity index (χ4v) is 1.58. The Morgan fingerprint density at radius 3 is 2.75 bits per heavy atom. The molecule has 0 aliphatic carbocycles. The number of hydrogen-bond acceptors (Lipinski definition) is 3. The SMILES string of the molecule is C#CC(C)NC(=O)N1CC(O)C[C@H]1C(=O)O. The Bertz CT molecular complexity index is 336. The zero-order chi connectivity index (χ0) is 12.3. The predicted molar refractivity (Wildman–Crippen MR) is 55.6 cm³/mol. The molecule has 0 bridgehead atoms. The number of terminal acetylenes is 1. The number of nitrogens with one attached hydrogen (secondary N) is 1. The van der Waals surface area contributed by atoms with E-state index in [9.17, 15) is 14.7 Å². The molecule has 0 radical (unpaired) electrons. The van der Waals surface area contributed by atoms with Gasteiger partial charge in [-0.15, -0.1) is 6.42 Å². The van der Waals surface area contributed by atoms with E-state index in [2.05, 4.69) is 11.2 Å². The average molecular weight is 226 g/mol. The van der Waals surface area contributed by atoms with Gasteiger partial charge in [-0.1, -0.05) is 5.92 Å². The Hall–Kier alpha value is -1.74. The van der Waals surface area contributed by atoms with Crippen LogP contribution in [0.2, 0.25) is 0 Å². The lowest BCUT2D eigenvalue weighted by atomic mass is 10.2. The van der Waals surface area contributed by atoms with Crippen LogP contribution in [0.25, 0.3) is 0 Å². The second kappa shape index (κ2) is 4.86. The number of carbonyl (C=O) groups excluding carboxylic acids is 1. The van der Waals surface area contributed by atoms with Gasteiger partial charge in [0.1, 0.15) is 6.04 Å². The minimum Gasteiger partial charge on any atom is -0.480 e. The molecule has 1 rings (SSSR count). The molecule has 1 aliphatic heterocycles. The summed E-state index contributed by atoms with van der Waals surface area (Å²) >= 11 is 0. The number of aliphatic carboxylic acids is 1. The Morgan fingerprint density at radius 2 is 2.25 bits per heavy atom. The van der Waals surface area contributed by atoms with Gasteiger partial charge in [0.2, 0.25) is 0 Å². The van der Waals surface area contributed by atoms with E-state index in [4.69, 9.17) is 11.5 Å². The van der Waals surface area contributed by atoms with Crippen LogP contribution in [0.4, 0.5) is 4.79 Å². The van der Waals surface area contributed by atoms with Crippen LogP contribution < -0.4 is 5.32 Å². The van der Waals surface area contributed by atoms with Gasteiger partial charge >= 0.3 is 12.0 Å². The largest absolute Gasteiger partial charge is 0.480 e. The van der Waals surface area contributed by atoms with Gasteiger partial charge < -0.3 is 20.4 Å². The first-order valence-electron chi connectivity index (χ1n) is 4.89. The number of aliphatic hydroxyl groups is 1. The summed E-state index contributed by atoms with van der Waals surface area (Å²) in [5, 5.41) is 20.7. The van der Waals surface area contributed by atoms with Crippen molar-refractivity contribution in [1.29, 1.82) is 0 Å². The molecule has 0 aromatic heterocycles. The lowest BCUT2D eigenvalue weighted by Gasteiger charge is -2.22. The van der Waals surface area contributed by atoms with Gasteiger partial charge in [0.25, 0.3) is 0 Å². The number of carboxylic acids is 1. The number of hydrogen-bond donors (Lipinski definition) is 3. The van der Waals surface area contributed by atoms with E-state index in [1.54, 1.807) is 6.92 Å². The third-order valence-corrected chi connectivity index (χ3v) is 2.41. The number of urea groups is 1. The highest BCUT2D eigenvalue weighted by molar-refractivity contribution is 5.83. The van der Waals surface area contributed by atoms with E-state index in [1.807, 2.05) is 0 Å². The average Bonchev–Trinajstić information content (AvgIpc) is 2.60. The standard InChI is InChI=1S/C10H14N2O4/c1-3-6(2)11-10(16)12-5-7(13)4-8(12)9(14)15/h1,6-8,13H,4-5H2,2H3,(H,11,16)(H,14,15)/t6?,7?,8-/m0/s1. The maximum absolute atomic E-state index is 11.6. The van der Waals surface area contributed by atoms with Gasteiger partial charge in [0.15, 0.2) is 0 Å². The molecule has 0 aromatic rings. The summed E-state index contributed by atoms with van der Waals surface area (Å²) in [6.45, 7) is 1.63. The van der Waals surface area contributed by atoms with Crippen molar-refractivity contribution in [3.8, 4) is 12.3 Å². The molecule has 2 amide bonds. The van der Waals surface area contributed by atoms with E-state index in [1.165, 1.54) is 0 Å². The Kier molecular flexibility index (Phi) is 3.74. The molecular weight excluding hydrogens is 212 g/mol. The lowest BCUT2D eigenvalue weighted by molar-refractivity contribution is -0.141. The molecule has 6 heteroatoms. The third kappa shape index (κ3) is 2.64. The molecular formula is C10H14N2O4. The number of rotatable bonds is 2. The summed E-state index contributed by atoms with van der Waals surface area (Å²) in [5.74, 6) is 1.18. The highest BCUT2D eigenvalue weighted by atomic mass is 16.4. The number of carboxylic acid groups (broad SMARTS) is 1. The second-order valence-corrected chi connectivity index (χ2v) is 3.73. The van der Waals surface area contributed by atoms with Crippen LogP contribution in [0.1, 0.15) is 13.3 Å². The zero-order valence-electron chi connectivity index (χ0n) is 8.88. The zero-order valence-corrected chi connectivity index (χ0v) is 8.88. The molecule has 6 nitrogen and oxygen atoms in total. The van der Waals surface area contributed by atoms with Crippen molar-refractivity contribution in [2.24, 2.45) is 0 Å². The number of β-amino-alcohol motifs (C(OH)–C–C–N with tert-alkyl or cyclic N) is 1. The van der Waals surface area contributed by atoms with Crippen LogP contribution in [0, 0.1) is 12.3 Å². The molecule has 0 aromatic carbocycles. The number of aliphatic hydroxyl groups excluding tert-OH is 1. The van der Waals surface area contributed by atoms with Gasteiger partial charge in [0, 0.05) is 13.0 Å². The van der Waals surface area contributed by atoms with E-state index < -0.39 is 30.2 Å². The second-order valence-electron chi connectivity index (χ2n) is 3.73. The molecule has 1 saturated heterocycles. The van der Waals surface area contributed by atoms with E-state index >= 15 is 0 Å². The Labute approximate surface area is 93.2 Å². The van der Waals surface area contributed by atoms with Gasteiger partial charge in [-0.3, -0.25) is 0 Å². The third-order valence-electron chi connectivity index (χ3n) is 2.41. The molecule has 1 heterocycles. The van der Waals surface area contributed by atoms with Crippen LogP contribution in [-0.4, -0.2) is 51.8 Å². The van der Waals surface area contributed by atoms with Crippen LogP contribution >= 0.6 is 0 Å². The molecule has 1 fully saturated rings. The number of nitrogens with zero attached hydrogens (tertiary/aromatic N) is 1. The Morgan fingerprint density at radius 1 is 1.62 bits per heavy atom. The van der Waals surface area contributed by atoms with Crippen molar-refractivity contribution < 1.29 is 19.8 Å². The normalized spacial score (nSPS) is 25.9. The summed E-state index contributed by atoms with van der Waals surface area (Å²) in [5.41, 5.74) is 0. The summed E-state index contributed by atoms with van der Waals surface area (Å²) in [6.07, 6.45) is 4.34. The molecule has 3 N–H and O–H groups in total. The van der Waals surface area contributed by atoms with Crippen molar-refractivity contribution in [3.05, 3.63) is 0 Å². The molecule has 2 unspecified atom stereocenters. The van der Waals surface area contributed by atoms with Crippen LogP contribution in [0.3, 0.4) is 0 Å². The van der Waals surface area contributed by atoms with Crippen molar-refractivity contribution in [3.63, 3.8) is 0 Å². The van der Waals surface area contributed by atoms with Crippen molar-refractivity contribution >= 4 is 12.0 Å². The van der Waals surface area contributed by atoms with Crippen molar-refractivity contribution in [1.82, 2.24) is 10.2 Å². The van der Waals surface area contributed by atoms with E-state index in [0.717, 1.165) is 4.90 Å². The summed E-state index contributed by atoms with van der Waals surface area (Å²) in [6, 6.07) is -2.02. The first-order valence-corrected chi connectivity index (χ1v) is 4.89. The van der Waals surface area contributed by atoms with Crippen molar-refractivity contribution in [2.45, 2.75) is 31.5 Å². The van der Waals surface area contributed by atoms with Gasteiger partial charge in [-0.25, -0.2) is 9.59 Å². The molecule has 16 heavy (non-hydrogen) atoms. The number of carbonyl (C=O) groups is 2. The summed E-state index contributed by atoms with van der Waals surface area (Å²) in [7, 11) is 0. The first-order chi connectivity index (χ1) is 7.45. The number of amides is 2. The maximum atomic E-state index is 11.6. The monoisotopic (exact) mass is 226 g/mol. The molecule has 0 spiro atoms. The van der Waals surface area contributed by atoms with Crippen LogP contribution in [0.15, 0.2) is 0 Å². The van der Waals surface area contributed by atoms with E-state index in [-0.39, 0.29) is 13.0 Å². The van der Waals surface area contributed by atoms with Gasteiger partial charge in [-0.2, -0.15) is 0 Å². The minimum atomic E-state index is -1.12. The summed E-state index contributed by atoms with van der Waals surface area (Å²) < 4.78 is 0. The van der Waals surface area contributed by atoms with E-state index in [0.29, 0.717) is 0 Å². The first kappa shape index (κ1) is 12.3.